The van der Waals surface area contributed by atoms with Crippen LogP contribution in [0.25, 0.3) is 11.1 Å². The zero-order chi connectivity index (χ0) is 12.4. The summed E-state index contributed by atoms with van der Waals surface area (Å²) in [7, 11) is 0. The molecule has 2 rings (SSSR count). The number of carbonyl (C=O) groups excluding carboxylic acids is 1. The maximum Gasteiger partial charge on any atom is 0.150 e. The molecular weight excluding hydrogens is 246 g/mol. The van der Waals surface area contributed by atoms with Crippen molar-refractivity contribution in [2.45, 2.75) is 0 Å². The lowest BCUT2D eigenvalue weighted by molar-refractivity contribution is 0.112. The Labute approximate surface area is 102 Å². The van der Waals surface area contributed by atoms with Crippen LogP contribution in [0, 0.1) is 11.6 Å². The lowest BCUT2D eigenvalue weighted by Gasteiger charge is -2.06. The second-order valence-corrected chi connectivity index (χ2v) is 3.89. The fraction of sp³-hybridized carbons (Fsp3) is 0. The van der Waals surface area contributed by atoms with Crippen LogP contribution < -0.4 is 0 Å². The van der Waals surface area contributed by atoms with Crippen LogP contribution in [0.2, 0.25) is 5.02 Å². The van der Waals surface area contributed by atoms with Crippen molar-refractivity contribution >= 4 is 17.9 Å². The van der Waals surface area contributed by atoms with E-state index in [1.807, 2.05) is 0 Å². The fourth-order valence-electron chi connectivity index (χ4n) is 1.54. The minimum atomic E-state index is -0.556. The van der Waals surface area contributed by atoms with Gasteiger partial charge in [-0.05, 0) is 41.5 Å². The van der Waals surface area contributed by atoms with Gasteiger partial charge in [0.1, 0.15) is 11.6 Å². The number of rotatable bonds is 2. The molecule has 0 spiro atoms. The Morgan fingerprint density at radius 1 is 1.06 bits per heavy atom. The van der Waals surface area contributed by atoms with E-state index in [0.717, 1.165) is 0 Å². The average Bonchev–Trinajstić information content (AvgIpc) is 2.32. The molecule has 0 fully saturated rings. The summed E-state index contributed by atoms with van der Waals surface area (Å²) in [5.74, 6) is -1.02. The van der Waals surface area contributed by atoms with E-state index >= 15 is 0 Å². The van der Waals surface area contributed by atoms with E-state index in [0.29, 0.717) is 23.0 Å². The fourth-order valence-corrected chi connectivity index (χ4v) is 1.73. The molecule has 0 aliphatic carbocycles. The highest BCUT2D eigenvalue weighted by Gasteiger charge is 2.08. The molecule has 17 heavy (non-hydrogen) atoms. The molecule has 0 saturated carbocycles. The number of halogens is 3. The van der Waals surface area contributed by atoms with E-state index in [9.17, 15) is 13.6 Å². The first-order chi connectivity index (χ1) is 8.11. The molecular formula is C13H7ClF2O. The third kappa shape index (κ3) is 2.34. The quantitative estimate of drug-likeness (QED) is 0.736. The molecule has 4 heteroatoms. The standard InChI is InChI=1S/C13H7ClF2O/c14-12-5-8(2-4-13(12)16)11-6-10(15)3-1-9(11)7-17/h1-7H. The zero-order valence-corrected chi connectivity index (χ0v) is 9.34. The summed E-state index contributed by atoms with van der Waals surface area (Å²) < 4.78 is 26.1. The molecule has 0 heterocycles. The lowest BCUT2D eigenvalue weighted by atomic mass is 10.0. The van der Waals surface area contributed by atoms with Crippen LogP contribution in [-0.4, -0.2) is 6.29 Å². The van der Waals surface area contributed by atoms with Crippen molar-refractivity contribution in [2.24, 2.45) is 0 Å². The summed E-state index contributed by atoms with van der Waals surface area (Å²) in [5.41, 5.74) is 1.22. The maximum absolute atomic E-state index is 13.1. The van der Waals surface area contributed by atoms with Gasteiger partial charge in [0.25, 0.3) is 0 Å². The Hall–Kier alpha value is -1.74. The summed E-state index contributed by atoms with van der Waals surface area (Å²) >= 11 is 5.64. The van der Waals surface area contributed by atoms with Crippen LogP contribution in [0.15, 0.2) is 36.4 Å². The van der Waals surface area contributed by atoms with Crippen LogP contribution in [0.3, 0.4) is 0 Å². The summed E-state index contributed by atoms with van der Waals surface area (Å²) in [4.78, 5) is 10.8. The summed E-state index contributed by atoms with van der Waals surface area (Å²) in [6, 6.07) is 7.76. The summed E-state index contributed by atoms with van der Waals surface area (Å²) in [5, 5.41) is -0.0661. The maximum atomic E-state index is 13.1. The number of hydrogen-bond donors (Lipinski definition) is 0. The van der Waals surface area contributed by atoms with Crippen LogP contribution in [0.5, 0.6) is 0 Å². The first kappa shape index (κ1) is 11.7. The Kier molecular flexibility index (Phi) is 3.20. The van der Waals surface area contributed by atoms with Gasteiger partial charge in [0.15, 0.2) is 6.29 Å². The van der Waals surface area contributed by atoms with Gasteiger partial charge in [-0.25, -0.2) is 8.78 Å². The molecule has 0 amide bonds. The second kappa shape index (κ2) is 4.63. The van der Waals surface area contributed by atoms with Gasteiger partial charge in [-0.3, -0.25) is 4.79 Å². The highest BCUT2D eigenvalue weighted by Crippen LogP contribution is 2.27. The van der Waals surface area contributed by atoms with E-state index in [4.69, 9.17) is 11.6 Å². The van der Waals surface area contributed by atoms with Crippen molar-refractivity contribution in [1.82, 2.24) is 0 Å². The van der Waals surface area contributed by atoms with Crippen molar-refractivity contribution in [3.63, 3.8) is 0 Å². The first-order valence-electron chi connectivity index (χ1n) is 4.82. The monoisotopic (exact) mass is 252 g/mol. The highest BCUT2D eigenvalue weighted by molar-refractivity contribution is 6.31. The van der Waals surface area contributed by atoms with Gasteiger partial charge in [-0.2, -0.15) is 0 Å². The number of benzene rings is 2. The highest BCUT2D eigenvalue weighted by atomic mass is 35.5. The van der Waals surface area contributed by atoms with Gasteiger partial charge in [0, 0.05) is 5.56 Å². The van der Waals surface area contributed by atoms with Crippen LogP contribution in [0.4, 0.5) is 8.78 Å². The van der Waals surface area contributed by atoms with E-state index in [-0.39, 0.29) is 5.02 Å². The van der Waals surface area contributed by atoms with E-state index in [1.54, 1.807) is 0 Å². The number of carbonyl (C=O) groups is 1. The minimum absolute atomic E-state index is 0.0661. The van der Waals surface area contributed by atoms with Crippen molar-refractivity contribution < 1.29 is 13.6 Å². The molecule has 2 aromatic rings. The van der Waals surface area contributed by atoms with Crippen LogP contribution in [0.1, 0.15) is 10.4 Å². The van der Waals surface area contributed by atoms with Crippen molar-refractivity contribution in [3.05, 3.63) is 58.6 Å². The predicted octanol–water partition coefficient (Wildman–Crippen LogP) is 4.10. The van der Waals surface area contributed by atoms with Gasteiger partial charge in [-0.15, -0.1) is 0 Å². The van der Waals surface area contributed by atoms with Crippen molar-refractivity contribution in [2.75, 3.05) is 0 Å². The van der Waals surface area contributed by atoms with Crippen molar-refractivity contribution in [3.8, 4) is 11.1 Å². The third-order valence-electron chi connectivity index (χ3n) is 2.37. The topological polar surface area (TPSA) is 17.1 Å². The molecule has 0 bridgehead atoms. The molecule has 2 aromatic carbocycles. The summed E-state index contributed by atoms with van der Waals surface area (Å²) in [6.07, 6.45) is 0.617. The van der Waals surface area contributed by atoms with E-state index < -0.39 is 11.6 Å². The van der Waals surface area contributed by atoms with Gasteiger partial charge < -0.3 is 0 Å². The van der Waals surface area contributed by atoms with E-state index in [1.165, 1.54) is 36.4 Å². The Balaban J connectivity index is 2.62. The lowest BCUT2D eigenvalue weighted by Crippen LogP contribution is -1.90. The summed E-state index contributed by atoms with van der Waals surface area (Å²) in [6.45, 7) is 0. The van der Waals surface area contributed by atoms with Crippen molar-refractivity contribution in [1.29, 1.82) is 0 Å². The third-order valence-corrected chi connectivity index (χ3v) is 2.66. The molecule has 86 valence electrons. The normalized spacial score (nSPS) is 10.3. The molecule has 0 aliphatic heterocycles. The molecule has 0 N–H and O–H groups in total. The van der Waals surface area contributed by atoms with E-state index in [2.05, 4.69) is 0 Å². The second-order valence-electron chi connectivity index (χ2n) is 3.48. The smallest absolute Gasteiger partial charge is 0.150 e. The van der Waals surface area contributed by atoms with Gasteiger partial charge in [-0.1, -0.05) is 17.7 Å². The molecule has 0 unspecified atom stereocenters. The number of hydrogen-bond acceptors (Lipinski definition) is 1. The SMILES string of the molecule is O=Cc1ccc(F)cc1-c1ccc(F)c(Cl)c1. The molecule has 1 nitrogen and oxygen atoms in total. The number of aldehydes is 1. The molecule has 0 radical (unpaired) electrons. The van der Waals surface area contributed by atoms with Crippen LogP contribution >= 0.6 is 11.6 Å². The molecule has 0 saturated heterocycles. The first-order valence-corrected chi connectivity index (χ1v) is 5.20. The molecule has 0 aromatic heterocycles. The largest absolute Gasteiger partial charge is 0.298 e. The van der Waals surface area contributed by atoms with Gasteiger partial charge >= 0.3 is 0 Å². The molecule has 0 atom stereocenters. The Morgan fingerprint density at radius 2 is 1.82 bits per heavy atom. The average molecular weight is 253 g/mol. The minimum Gasteiger partial charge on any atom is -0.298 e. The van der Waals surface area contributed by atoms with Gasteiger partial charge in [0.2, 0.25) is 0 Å². The molecule has 0 aliphatic rings. The Bertz CT molecular complexity index is 582. The zero-order valence-electron chi connectivity index (χ0n) is 8.58. The predicted molar refractivity (Wildman–Crippen MR) is 62.2 cm³/mol. The Morgan fingerprint density at radius 3 is 2.47 bits per heavy atom. The van der Waals surface area contributed by atoms with Crippen LogP contribution in [-0.2, 0) is 0 Å². The van der Waals surface area contributed by atoms with Gasteiger partial charge in [0.05, 0.1) is 5.02 Å².